The van der Waals surface area contributed by atoms with Gasteiger partial charge in [0.25, 0.3) is 0 Å². The zero-order chi connectivity index (χ0) is 16.6. The normalized spacial score (nSPS) is 58.2. The van der Waals surface area contributed by atoms with Gasteiger partial charge in [0.05, 0.1) is 12.2 Å². The van der Waals surface area contributed by atoms with Gasteiger partial charge in [-0.25, -0.2) is 4.39 Å². The third-order valence-corrected chi connectivity index (χ3v) is 7.71. The molecule has 4 rings (SSSR count). The summed E-state index contributed by atoms with van der Waals surface area (Å²) in [6.07, 6.45) is 7.59. The summed E-state index contributed by atoms with van der Waals surface area (Å²) in [6.45, 7) is 4.04. The molecular weight excluding hydrogens is 295 g/mol. The number of allylic oxidation sites excluding steroid dienone is 1. The first-order valence-corrected chi connectivity index (χ1v) is 8.87. The van der Waals surface area contributed by atoms with Gasteiger partial charge in [-0.2, -0.15) is 0 Å². The van der Waals surface area contributed by atoms with Crippen LogP contribution in [0.2, 0.25) is 0 Å². The van der Waals surface area contributed by atoms with E-state index in [1.54, 1.807) is 0 Å². The molecule has 4 aliphatic carbocycles. The Morgan fingerprint density at radius 2 is 1.83 bits per heavy atom. The lowest BCUT2D eigenvalue weighted by Crippen LogP contribution is -2.56. The molecule has 0 bridgehead atoms. The lowest BCUT2D eigenvalue weighted by atomic mass is 9.48. The van der Waals surface area contributed by atoms with Crippen LogP contribution in [0.3, 0.4) is 0 Å². The van der Waals surface area contributed by atoms with Crippen molar-refractivity contribution < 1.29 is 19.7 Å². The van der Waals surface area contributed by atoms with Crippen LogP contribution in [-0.2, 0) is 0 Å². The standard InChI is InChI=1S/C19H27FO3/c1-17-6-3-12(21)9-11(17)10-15(22)16-13(17)4-7-18(2)14(16)5-8-19(18,20)23/h3,6,10,12-16,21-23H,4-5,7-9H2,1-2H3/t12?,13-,14+,15?,16-,17+,18+,19?/m1/s1. The SMILES string of the molecule is C[C@]12C=CC(O)CC1=CC(O)[C@@H]1[C@H]2CC[C@@]2(C)[C@H]1CCC2(O)F. The van der Waals surface area contributed by atoms with Gasteiger partial charge in [-0.15, -0.1) is 0 Å². The van der Waals surface area contributed by atoms with E-state index in [0.717, 1.165) is 12.0 Å². The fourth-order valence-corrected chi connectivity index (χ4v) is 6.19. The Morgan fingerprint density at radius 3 is 2.57 bits per heavy atom. The van der Waals surface area contributed by atoms with E-state index in [2.05, 4.69) is 13.0 Å². The Morgan fingerprint density at radius 1 is 1.13 bits per heavy atom. The number of rotatable bonds is 0. The maximum Gasteiger partial charge on any atom is 0.212 e. The number of alkyl halides is 1. The Balaban J connectivity index is 1.77. The molecule has 3 N–H and O–H groups in total. The molecule has 2 saturated carbocycles. The molecule has 0 amide bonds. The van der Waals surface area contributed by atoms with Crippen molar-refractivity contribution in [1.29, 1.82) is 0 Å². The first-order chi connectivity index (χ1) is 10.7. The predicted molar refractivity (Wildman–Crippen MR) is 85.1 cm³/mol. The summed E-state index contributed by atoms with van der Waals surface area (Å²) < 4.78 is 14.7. The van der Waals surface area contributed by atoms with Crippen LogP contribution >= 0.6 is 0 Å². The topological polar surface area (TPSA) is 60.7 Å². The molecule has 0 heterocycles. The maximum absolute atomic E-state index is 14.7. The number of halogens is 1. The second-order valence-electron chi connectivity index (χ2n) is 8.64. The molecule has 0 saturated heterocycles. The molecule has 23 heavy (non-hydrogen) atoms. The van der Waals surface area contributed by atoms with Gasteiger partial charge in [0.1, 0.15) is 0 Å². The number of hydrogen-bond donors (Lipinski definition) is 3. The van der Waals surface area contributed by atoms with E-state index in [9.17, 15) is 19.7 Å². The third kappa shape index (κ3) is 1.92. The van der Waals surface area contributed by atoms with Crippen molar-refractivity contribution >= 4 is 0 Å². The van der Waals surface area contributed by atoms with Crippen molar-refractivity contribution in [2.45, 2.75) is 64.0 Å². The average molecular weight is 322 g/mol. The fraction of sp³-hybridized carbons (Fsp3) is 0.789. The van der Waals surface area contributed by atoms with Gasteiger partial charge >= 0.3 is 0 Å². The highest BCUT2D eigenvalue weighted by Gasteiger charge is 2.65. The highest BCUT2D eigenvalue weighted by atomic mass is 19.2. The summed E-state index contributed by atoms with van der Waals surface area (Å²) in [5.74, 6) is -1.90. The minimum Gasteiger partial charge on any atom is -0.389 e. The van der Waals surface area contributed by atoms with Crippen LogP contribution in [0.5, 0.6) is 0 Å². The molecule has 0 aromatic carbocycles. The molecule has 4 aliphatic rings. The number of fused-ring (bicyclic) bond motifs is 5. The van der Waals surface area contributed by atoms with Crippen LogP contribution in [0.15, 0.2) is 23.8 Å². The largest absolute Gasteiger partial charge is 0.389 e. The number of aliphatic hydroxyl groups is 3. The Kier molecular flexibility index (Phi) is 3.21. The lowest BCUT2D eigenvalue weighted by molar-refractivity contribution is -0.202. The van der Waals surface area contributed by atoms with E-state index < -0.39 is 23.5 Å². The van der Waals surface area contributed by atoms with Gasteiger partial charge in [0.15, 0.2) is 0 Å². The summed E-state index contributed by atoms with van der Waals surface area (Å²) in [7, 11) is 0. The van der Waals surface area contributed by atoms with E-state index in [4.69, 9.17) is 0 Å². The molecule has 3 unspecified atom stereocenters. The molecule has 0 radical (unpaired) electrons. The zero-order valence-corrected chi connectivity index (χ0v) is 13.9. The van der Waals surface area contributed by atoms with Crippen LogP contribution in [0.25, 0.3) is 0 Å². The predicted octanol–water partition coefficient (Wildman–Crippen LogP) is 2.72. The van der Waals surface area contributed by atoms with E-state index >= 15 is 0 Å². The summed E-state index contributed by atoms with van der Waals surface area (Å²) in [4.78, 5) is 0. The maximum atomic E-state index is 14.7. The van der Waals surface area contributed by atoms with E-state index in [1.165, 1.54) is 0 Å². The Hall–Kier alpha value is -0.710. The third-order valence-electron chi connectivity index (χ3n) is 7.71. The molecule has 2 fully saturated rings. The zero-order valence-electron chi connectivity index (χ0n) is 13.9. The lowest BCUT2D eigenvalue weighted by Gasteiger charge is -2.57. The van der Waals surface area contributed by atoms with Crippen molar-refractivity contribution in [2.24, 2.45) is 28.6 Å². The van der Waals surface area contributed by atoms with Crippen LogP contribution in [0.1, 0.15) is 46.0 Å². The summed E-state index contributed by atoms with van der Waals surface area (Å²) in [5.41, 5.74) is 0.189. The van der Waals surface area contributed by atoms with Gasteiger partial charge in [-0.3, -0.25) is 0 Å². The highest BCUT2D eigenvalue weighted by molar-refractivity contribution is 5.34. The minimum absolute atomic E-state index is 0.00104. The van der Waals surface area contributed by atoms with Crippen LogP contribution < -0.4 is 0 Å². The molecule has 0 aromatic rings. The smallest absolute Gasteiger partial charge is 0.212 e. The van der Waals surface area contributed by atoms with Gasteiger partial charge in [-0.05, 0) is 43.4 Å². The van der Waals surface area contributed by atoms with Crippen molar-refractivity contribution in [3.63, 3.8) is 0 Å². The van der Waals surface area contributed by atoms with Crippen LogP contribution in [-0.4, -0.2) is 33.4 Å². The second kappa shape index (κ2) is 4.68. The second-order valence-corrected chi connectivity index (χ2v) is 8.64. The molecule has 0 spiro atoms. The van der Waals surface area contributed by atoms with Gasteiger partial charge < -0.3 is 15.3 Å². The van der Waals surface area contributed by atoms with Crippen molar-refractivity contribution in [2.75, 3.05) is 0 Å². The van der Waals surface area contributed by atoms with Crippen molar-refractivity contribution in [1.82, 2.24) is 0 Å². The van der Waals surface area contributed by atoms with Gasteiger partial charge in [0.2, 0.25) is 5.85 Å². The van der Waals surface area contributed by atoms with Crippen molar-refractivity contribution in [3.8, 4) is 0 Å². The van der Waals surface area contributed by atoms with Crippen molar-refractivity contribution in [3.05, 3.63) is 23.8 Å². The quantitative estimate of drug-likeness (QED) is 0.601. The molecule has 0 aromatic heterocycles. The van der Waals surface area contributed by atoms with E-state index in [-0.39, 0.29) is 29.6 Å². The van der Waals surface area contributed by atoms with E-state index in [0.29, 0.717) is 19.3 Å². The summed E-state index contributed by atoms with van der Waals surface area (Å²) in [6, 6.07) is 0. The van der Waals surface area contributed by atoms with Gasteiger partial charge in [-0.1, -0.05) is 37.6 Å². The monoisotopic (exact) mass is 322 g/mol. The molecular formula is C19H27FO3. The Bertz CT molecular complexity index is 583. The first kappa shape index (κ1) is 15.8. The van der Waals surface area contributed by atoms with Crippen LogP contribution in [0, 0.1) is 28.6 Å². The fourth-order valence-electron chi connectivity index (χ4n) is 6.19. The highest BCUT2D eigenvalue weighted by Crippen LogP contribution is 2.66. The number of aliphatic hydroxyl groups excluding tert-OH is 2. The Labute approximate surface area is 136 Å². The molecule has 128 valence electrons. The van der Waals surface area contributed by atoms with Crippen LogP contribution in [0.4, 0.5) is 4.39 Å². The minimum atomic E-state index is -2.12. The summed E-state index contributed by atoms with van der Waals surface area (Å²) in [5, 5.41) is 30.9. The molecule has 0 aliphatic heterocycles. The first-order valence-electron chi connectivity index (χ1n) is 8.87. The van der Waals surface area contributed by atoms with E-state index in [1.807, 2.05) is 19.1 Å². The molecule has 8 atom stereocenters. The number of hydrogen-bond acceptors (Lipinski definition) is 3. The average Bonchev–Trinajstić information content (AvgIpc) is 2.72. The molecule has 3 nitrogen and oxygen atoms in total. The van der Waals surface area contributed by atoms with Gasteiger partial charge in [0, 0.05) is 17.3 Å². The molecule has 4 heteroatoms. The summed E-state index contributed by atoms with van der Waals surface area (Å²) >= 11 is 0.